The van der Waals surface area contributed by atoms with Crippen LogP contribution in [0, 0.1) is 11.2 Å². The van der Waals surface area contributed by atoms with Gasteiger partial charge in [0.05, 0.1) is 18.4 Å². The summed E-state index contributed by atoms with van der Waals surface area (Å²) in [6, 6.07) is 6.18. The molecule has 2 N–H and O–H groups in total. The van der Waals surface area contributed by atoms with E-state index in [1.54, 1.807) is 26.0 Å². The molecule has 0 spiro atoms. The lowest BCUT2D eigenvalue weighted by Gasteiger charge is -2.40. The molecule has 23 heavy (non-hydrogen) atoms. The Morgan fingerprint density at radius 3 is 2.57 bits per heavy atom. The Balaban J connectivity index is 2.20. The number of benzene rings is 1. The van der Waals surface area contributed by atoms with Crippen LogP contribution < -0.4 is 0 Å². The first-order valence-corrected chi connectivity index (χ1v) is 7.34. The molecule has 1 heterocycles. The summed E-state index contributed by atoms with van der Waals surface area (Å²) in [6.07, 6.45) is 5.17. The lowest BCUT2D eigenvalue weighted by molar-refractivity contribution is -0.0552. The highest BCUT2D eigenvalue weighted by molar-refractivity contribution is 5.66. The van der Waals surface area contributed by atoms with Gasteiger partial charge in [0.1, 0.15) is 18.5 Å². The number of rotatable bonds is 7. The molecule has 124 valence electrons. The van der Waals surface area contributed by atoms with E-state index in [0.717, 1.165) is 5.56 Å². The molecule has 0 aliphatic rings. The number of aliphatic hydroxyl groups is 1. The lowest BCUT2D eigenvalue weighted by atomic mass is 9.72. The quantitative estimate of drug-likeness (QED) is 0.466. The van der Waals surface area contributed by atoms with Crippen LogP contribution in [0.5, 0.6) is 0 Å². The van der Waals surface area contributed by atoms with E-state index in [1.165, 1.54) is 35.7 Å². The van der Waals surface area contributed by atoms with Gasteiger partial charge in [-0.05, 0) is 30.5 Å². The molecule has 0 saturated carbocycles. The maximum absolute atomic E-state index is 13.0. The maximum Gasteiger partial charge on any atom is 0.137 e. The summed E-state index contributed by atoms with van der Waals surface area (Å²) in [5.41, 5.74) is -1.10. The van der Waals surface area contributed by atoms with E-state index in [-0.39, 0.29) is 12.4 Å². The summed E-state index contributed by atoms with van der Waals surface area (Å²) in [7, 11) is 0. The van der Waals surface area contributed by atoms with Crippen molar-refractivity contribution in [2.75, 3.05) is 0 Å². The zero-order chi connectivity index (χ0) is 16.9. The molecule has 2 aromatic rings. The first-order chi connectivity index (χ1) is 10.9. The first kappa shape index (κ1) is 17.1. The highest BCUT2D eigenvalue weighted by Gasteiger charge is 2.43. The largest absolute Gasteiger partial charge is 0.411 e. The van der Waals surface area contributed by atoms with E-state index in [2.05, 4.69) is 15.2 Å². The number of hydrogen-bond acceptors (Lipinski definition) is 5. The number of oxime groups is 1. The Morgan fingerprint density at radius 2 is 2.00 bits per heavy atom. The van der Waals surface area contributed by atoms with Crippen molar-refractivity contribution in [1.29, 1.82) is 0 Å². The highest BCUT2D eigenvalue weighted by Crippen LogP contribution is 2.35. The fourth-order valence-electron chi connectivity index (χ4n) is 2.45. The van der Waals surface area contributed by atoms with Crippen molar-refractivity contribution in [3.05, 3.63) is 48.3 Å². The van der Waals surface area contributed by atoms with Gasteiger partial charge in [-0.1, -0.05) is 26.0 Å². The Bertz CT molecular complexity index is 641. The van der Waals surface area contributed by atoms with Crippen LogP contribution in [0.25, 0.3) is 0 Å². The summed E-state index contributed by atoms with van der Waals surface area (Å²) in [4.78, 5) is 3.88. The van der Waals surface area contributed by atoms with Crippen LogP contribution in [0.4, 0.5) is 4.39 Å². The summed E-state index contributed by atoms with van der Waals surface area (Å²) in [5, 5.41) is 27.2. The fraction of sp³-hybridized carbons (Fsp3) is 0.438. The van der Waals surface area contributed by atoms with Gasteiger partial charge in [0.15, 0.2) is 0 Å². The Labute approximate surface area is 134 Å². The zero-order valence-electron chi connectivity index (χ0n) is 13.2. The van der Waals surface area contributed by atoms with E-state index in [0.29, 0.717) is 12.8 Å². The highest BCUT2D eigenvalue weighted by atomic mass is 19.1. The third kappa shape index (κ3) is 4.13. The van der Waals surface area contributed by atoms with E-state index in [1.807, 2.05) is 0 Å². The molecule has 1 aromatic heterocycles. The number of hydrogen-bond donors (Lipinski definition) is 2. The van der Waals surface area contributed by atoms with Crippen molar-refractivity contribution in [3.8, 4) is 0 Å². The fourth-order valence-corrected chi connectivity index (χ4v) is 2.45. The Hall–Kier alpha value is -2.28. The second-order valence-corrected chi connectivity index (χ2v) is 6.22. The van der Waals surface area contributed by atoms with E-state index >= 15 is 0 Å². The van der Waals surface area contributed by atoms with Crippen molar-refractivity contribution >= 4 is 6.21 Å². The van der Waals surface area contributed by atoms with Gasteiger partial charge in [-0.2, -0.15) is 5.10 Å². The summed E-state index contributed by atoms with van der Waals surface area (Å²) in [5.74, 6) is -0.292. The Morgan fingerprint density at radius 1 is 1.30 bits per heavy atom. The van der Waals surface area contributed by atoms with Crippen molar-refractivity contribution in [3.63, 3.8) is 0 Å². The van der Waals surface area contributed by atoms with Crippen LogP contribution in [0.3, 0.4) is 0 Å². The molecule has 6 nitrogen and oxygen atoms in total. The van der Waals surface area contributed by atoms with Crippen LogP contribution in [0.2, 0.25) is 0 Å². The molecule has 0 fully saturated rings. The van der Waals surface area contributed by atoms with Crippen LogP contribution in [-0.4, -0.2) is 36.9 Å². The van der Waals surface area contributed by atoms with E-state index in [4.69, 9.17) is 5.21 Å². The minimum atomic E-state index is -1.22. The number of halogens is 1. The predicted octanol–water partition coefficient (Wildman–Crippen LogP) is 2.27. The van der Waals surface area contributed by atoms with E-state index < -0.39 is 11.0 Å². The summed E-state index contributed by atoms with van der Waals surface area (Å²) in [6.45, 7) is 3.77. The Kier molecular flexibility index (Phi) is 5.10. The predicted molar refractivity (Wildman–Crippen MR) is 83.8 cm³/mol. The summed E-state index contributed by atoms with van der Waals surface area (Å²) >= 11 is 0. The van der Waals surface area contributed by atoms with Gasteiger partial charge < -0.3 is 10.3 Å². The SMILES string of the molecule is CC(C)(/C=N/O)C(O)(CCc1ccc(F)cc1)Cn1cncn1. The molecular weight excluding hydrogens is 299 g/mol. The average molecular weight is 320 g/mol. The van der Waals surface area contributed by atoms with Gasteiger partial charge in [0.2, 0.25) is 0 Å². The second-order valence-electron chi connectivity index (χ2n) is 6.22. The number of aryl methyl sites for hydroxylation is 1. The normalized spacial score (nSPS) is 15.0. The van der Waals surface area contributed by atoms with Gasteiger partial charge in [0.25, 0.3) is 0 Å². The second kappa shape index (κ2) is 6.87. The molecule has 0 radical (unpaired) electrons. The average Bonchev–Trinajstić information content (AvgIpc) is 2.99. The number of nitrogens with zero attached hydrogens (tertiary/aromatic N) is 4. The molecule has 2 rings (SSSR count). The molecule has 0 aliphatic heterocycles. The third-order valence-corrected chi connectivity index (χ3v) is 4.21. The molecule has 1 unspecified atom stereocenters. The van der Waals surface area contributed by atoms with Gasteiger partial charge in [-0.3, -0.25) is 4.68 Å². The minimum Gasteiger partial charge on any atom is -0.411 e. The molecule has 1 aromatic carbocycles. The van der Waals surface area contributed by atoms with E-state index in [9.17, 15) is 9.50 Å². The lowest BCUT2D eigenvalue weighted by Crippen LogP contribution is -2.49. The standard InChI is InChI=1S/C16H21FN4O2/c1-15(2,9-20-23)16(22,10-21-12-18-11-19-21)8-7-13-3-5-14(17)6-4-13/h3-6,9,11-12,22-23H,7-8,10H2,1-2H3/b20-9+. The van der Waals surface area contributed by atoms with Crippen LogP contribution in [0.1, 0.15) is 25.8 Å². The monoisotopic (exact) mass is 320 g/mol. The molecular formula is C16H21FN4O2. The molecule has 7 heteroatoms. The maximum atomic E-state index is 13.0. The van der Waals surface area contributed by atoms with Crippen LogP contribution >= 0.6 is 0 Å². The number of aromatic nitrogens is 3. The third-order valence-electron chi connectivity index (χ3n) is 4.21. The van der Waals surface area contributed by atoms with Crippen LogP contribution in [0.15, 0.2) is 42.1 Å². The van der Waals surface area contributed by atoms with Crippen molar-refractivity contribution in [2.24, 2.45) is 10.6 Å². The zero-order valence-corrected chi connectivity index (χ0v) is 13.2. The molecule has 0 saturated heterocycles. The molecule has 0 aliphatic carbocycles. The van der Waals surface area contributed by atoms with Gasteiger partial charge in [0, 0.05) is 5.41 Å². The van der Waals surface area contributed by atoms with Gasteiger partial charge >= 0.3 is 0 Å². The minimum absolute atomic E-state index is 0.202. The van der Waals surface area contributed by atoms with Crippen molar-refractivity contribution in [1.82, 2.24) is 14.8 Å². The van der Waals surface area contributed by atoms with Crippen LogP contribution in [-0.2, 0) is 13.0 Å². The van der Waals surface area contributed by atoms with Gasteiger partial charge in [-0.15, -0.1) is 5.16 Å². The topological polar surface area (TPSA) is 83.5 Å². The summed E-state index contributed by atoms with van der Waals surface area (Å²) < 4.78 is 14.5. The van der Waals surface area contributed by atoms with Crippen molar-refractivity contribution in [2.45, 2.75) is 38.8 Å². The molecule has 1 atom stereocenters. The smallest absolute Gasteiger partial charge is 0.137 e. The molecule has 0 amide bonds. The van der Waals surface area contributed by atoms with Gasteiger partial charge in [-0.25, -0.2) is 9.37 Å². The van der Waals surface area contributed by atoms with Crippen molar-refractivity contribution < 1.29 is 14.7 Å². The first-order valence-electron chi connectivity index (χ1n) is 7.34. The molecule has 0 bridgehead atoms.